The largest absolute Gasteiger partial charge is 0.468 e. The van der Waals surface area contributed by atoms with Crippen molar-refractivity contribution in [1.82, 2.24) is 14.3 Å². The Morgan fingerprint density at radius 3 is 3.11 bits per heavy atom. The smallest absolute Gasteiger partial charge is 0.319 e. The van der Waals surface area contributed by atoms with E-state index in [9.17, 15) is 9.59 Å². The molecule has 0 aliphatic heterocycles. The van der Waals surface area contributed by atoms with Crippen molar-refractivity contribution in [2.75, 3.05) is 20.7 Å². The van der Waals surface area contributed by atoms with Crippen LogP contribution in [0, 0.1) is 0 Å². The van der Waals surface area contributed by atoms with Gasteiger partial charge in [-0.15, -0.1) is 11.3 Å². The fourth-order valence-corrected chi connectivity index (χ4v) is 2.32. The summed E-state index contributed by atoms with van der Waals surface area (Å²) in [4.78, 5) is 29.6. The molecule has 0 aliphatic rings. The summed E-state index contributed by atoms with van der Waals surface area (Å²) in [6.45, 7) is 0.598. The molecule has 2 heterocycles. The van der Waals surface area contributed by atoms with Crippen LogP contribution < -0.4 is 5.56 Å². The molecule has 0 aromatic carbocycles. The highest BCUT2D eigenvalue weighted by Crippen LogP contribution is 2.07. The van der Waals surface area contributed by atoms with Gasteiger partial charge in [-0.05, 0) is 7.05 Å². The summed E-state index contributed by atoms with van der Waals surface area (Å²) in [5.41, 5.74) is 0.538. The lowest BCUT2D eigenvalue weighted by Crippen LogP contribution is -2.27. The van der Waals surface area contributed by atoms with E-state index in [2.05, 4.69) is 9.72 Å². The first-order valence-electron chi connectivity index (χ1n) is 5.31. The molecule has 0 saturated carbocycles. The molecule has 18 heavy (non-hydrogen) atoms. The van der Waals surface area contributed by atoms with Gasteiger partial charge in [-0.2, -0.15) is 0 Å². The molecule has 0 spiro atoms. The Bertz CT molecular complexity index is 619. The van der Waals surface area contributed by atoms with E-state index in [0.717, 1.165) is 0 Å². The summed E-state index contributed by atoms with van der Waals surface area (Å²) in [6.07, 6.45) is 1.69. The van der Waals surface area contributed by atoms with Crippen LogP contribution in [0.1, 0.15) is 5.69 Å². The Balaban J connectivity index is 2.16. The molecule has 2 rings (SSSR count). The fraction of sp³-hybridized carbons (Fsp3) is 0.364. The summed E-state index contributed by atoms with van der Waals surface area (Å²) in [5, 5.41) is 1.81. The average molecular weight is 267 g/mol. The minimum atomic E-state index is -0.313. The number of fused-ring (bicyclic) bond motifs is 1. The van der Waals surface area contributed by atoms with Crippen molar-refractivity contribution in [1.29, 1.82) is 0 Å². The first-order chi connectivity index (χ1) is 8.60. The molecule has 0 bridgehead atoms. The molecular formula is C11H13N3O3S. The molecule has 2 aromatic heterocycles. The first kappa shape index (κ1) is 12.7. The van der Waals surface area contributed by atoms with E-state index in [-0.39, 0.29) is 18.1 Å². The van der Waals surface area contributed by atoms with Gasteiger partial charge in [0.25, 0.3) is 5.56 Å². The average Bonchev–Trinajstić information content (AvgIpc) is 2.77. The lowest BCUT2D eigenvalue weighted by molar-refractivity contribution is -0.141. The predicted molar refractivity (Wildman–Crippen MR) is 67.7 cm³/mol. The van der Waals surface area contributed by atoms with E-state index in [0.29, 0.717) is 17.2 Å². The van der Waals surface area contributed by atoms with Crippen molar-refractivity contribution in [2.24, 2.45) is 0 Å². The number of thiazole rings is 1. The van der Waals surface area contributed by atoms with Gasteiger partial charge in [0.15, 0.2) is 4.96 Å². The van der Waals surface area contributed by atoms with Gasteiger partial charge in [0, 0.05) is 24.2 Å². The SMILES string of the molecule is COC(=O)CN(C)Cc1cc(=O)n2ccsc2n1. The third-order valence-electron chi connectivity index (χ3n) is 2.41. The summed E-state index contributed by atoms with van der Waals surface area (Å²) < 4.78 is 6.07. The first-order valence-corrected chi connectivity index (χ1v) is 6.19. The molecule has 0 amide bonds. The van der Waals surface area contributed by atoms with Gasteiger partial charge in [-0.1, -0.05) is 0 Å². The van der Waals surface area contributed by atoms with E-state index in [1.165, 1.54) is 28.9 Å². The summed E-state index contributed by atoms with van der Waals surface area (Å²) in [6, 6.07) is 1.48. The molecule has 0 saturated heterocycles. The normalized spacial score (nSPS) is 11.1. The van der Waals surface area contributed by atoms with E-state index in [4.69, 9.17) is 0 Å². The van der Waals surface area contributed by atoms with Crippen LogP contribution in [0.15, 0.2) is 22.4 Å². The van der Waals surface area contributed by atoms with Crippen molar-refractivity contribution in [3.63, 3.8) is 0 Å². The third-order valence-corrected chi connectivity index (χ3v) is 3.17. The number of likely N-dealkylation sites (N-methyl/N-ethyl adjacent to an activating group) is 1. The Morgan fingerprint density at radius 1 is 1.61 bits per heavy atom. The lowest BCUT2D eigenvalue weighted by atomic mass is 10.3. The zero-order chi connectivity index (χ0) is 13.1. The highest BCUT2D eigenvalue weighted by atomic mass is 32.1. The van der Waals surface area contributed by atoms with Gasteiger partial charge in [-0.25, -0.2) is 4.98 Å². The maximum atomic E-state index is 11.7. The van der Waals surface area contributed by atoms with E-state index < -0.39 is 0 Å². The number of rotatable bonds is 4. The van der Waals surface area contributed by atoms with Crippen LogP contribution in [0.5, 0.6) is 0 Å². The Morgan fingerprint density at radius 2 is 2.39 bits per heavy atom. The Kier molecular flexibility index (Phi) is 3.73. The van der Waals surface area contributed by atoms with Gasteiger partial charge < -0.3 is 4.74 Å². The van der Waals surface area contributed by atoms with Crippen molar-refractivity contribution in [3.8, 4) is 0 Å². The Hall–Kier alpha value is -1.73. The molecule has 0 fully saturated rings. The maximum absolute atomic E-state index is 11.7. The number of nitrogens with zero attached hydrogens (tertiary/aromatic N) is 3. The third kappa shape index (κ3) is 2.74. The fourth-order valence-electron chi connectivity index (χ4n) is 1.59. The molecule has 7 heteroatoms. The van der Waals surface area contributed by atoms with Crippen LogP contribution in [-0.2, 0) is 16.1 Å². The number of carbonyl (C=O) groups excluding carboxylic acids is 1. The van der Waals surface area contributed by atoms with Crippen molar-refractivity contribution < 1.29 is 9.53 Å². The van der Waals surface area contributed by atoms with E-state index >= 15 is 0 Å². The topological polar surface area (TPSA) is 63.9 Å². The number of carbonyl (C=O) groups is 1. The van der Waals surface area contributed by atoms with Crippen molar-refractivity contribution >= 4 is 22.3 Å². The summed E-state index contributed by atoms with van der Waals surface area (Å²) in [5.74, 6) is -0.313. The maximum Gasteiger partial charge on any atom is 0.319 e. The van der Waals surface area contributed by atoms with Crippen LogP contribution in [0.4, 0.5) is 0 Å². The molecule has 96 valence electrons. The molecule has 6 nitrogen and oxygen atoms in total. The van der Waals surface area contributed by atoms with Gasteiger partial charge in [0.1, 0.15) is 0 Å². The molecule has 0 atom stereocenters. The predicted octanol–water partition coefficient (Wildman–Crippen LogP) is 0.361. The van der Waals surface area contributed by atoms with Gasteiger partial charge >= 0.3 is 5.97 Å². The highest BCUT2D eigenvalue weighted by molar-refractivity contribution is 7.15. The van der Waals surface area contributed by atoms with Gasteiger partial charge in [-0.3, -0.25) is 18.9 Å². The monoisotopic (exact) mass is 267 g/mol. The minimum Gasteiger partial charge on any atom is -0.468 e. The Labute approximate surface area is 107 Å². The zero-order valence-corrected chi connectivity index (χ0v) is 10.9. The molecular weight excluding hydrogens is 254 g/mol. The lowest BCUT2D eigenvalue weighted by Gasteiger charge is -2.14. The van der Waals surface area contributed by atoms with Gasteiger partial charge in [0.05, 0.1) is 19.3 Å². The molecule has 0 aliphatic carbocycles. The van der Waals surface area contributed by atoms with Crippen LogP contribution in [-0.4, -0.2) is 41.0 Å². The summed E-state index contributed by atoms with van der Waals surface area (Å²) >= 11 is 1.40. The highest BCUT2D eigenvalue weighted by Gasteiger charge is 2.09. The number of hydrogen-bond acceptors (Lipinski definition) is 6. The van der Waals surface area contributed by atoms with Crippen molar-refractivity contribution in [2.45, 2.75) is 6.54 Å². The van der Waals surface area contributed by atoms with Gasteiger partial charge in [0.2, 0.25) is 0 Å². The zero-order valence-electron chi connectivity index (χ0n) is 10.1. The van der Waals surface area contributed by atoms with E-state index in [1.807, 2.05) is 5.38 Å². The number of methoxy groups -OCH3 is 1. The van der Waals surface area contributed by atoms with Crippen LogP contribution >= 0.6 is 11.3 Å². The number of ether oxygens (including phenoxy) is 1. The second-order valence-electron chi connectivity index (χ2n) is 3.89. The quantitative estimate of drug-likeness (QED) is 0.748. The van der Waals surface area contributed by atoms with Crippen molar-refractivity contribution in [3.05, 3.63) is 33.7 Å². The number of aromatic nitrogens is 2. The van der Waals surface area contributed by atoms with Crippen LogP contribution in [0.3, 0.4) is 0 Å². The second kappa shape index (κ2) is 5.28. The summed E-state index contributed by atoms with van der Waals surface area (Å²) in [7, 11) is 3.12. The second-order valence-corrected chi connectivity index (χ2v) is 4.76. The standard InChI is InChI=1S/C11H13N3O3S/c1-13(7-10(16)17-2)6-8-5-9(15)14-3-4-18-11(14)12-8/h3-5H,6-7H2,1-2H3. The number of esters is 1. The minimum absolute atomic E-state index is 0.109. The molecule has 0 radical (unpaired) electrons. The van der Waals surface area contributed by atoms with Crippen LogP contribution in [0.2, 0.25) is 0 Å². The van der Waals surface area contributed by atoms with Crippen LogP contribution in [0.25, 0.3) is 4.96 Å². The number of hydrogen-bond donors (Lipinski definition) is 0. The molecule has 2 aromatic rings. The molecule has 0 unspecified atom stereocenters. The molecule has 0 N–H and O–H groups in total. The van der Waals surface area contributed by atoms with E-state index in [1.54, 1.807) is 18.1 Å².